The number of benzene rings is 1. The minimum Gasteiger partial charge on any atom is -0.425 e. The molecule has 0 bridgehead atoms. The van der Waals surface area contributed by atoms with E-state index in [1.165, 1.54) is 17.3 Å². The van der Waals surface area contributed by atoms with Crippen molar-refractivity contribution in [2.75, 3.05) is 0 Å². The summed E-state index contributed by atoms with van der Waals surface area (Å²) in [5.74, 6) is 2.11. The molecule has 2 heterocycles. The predicted molar refractivity (Wildman–Crippen MR) is 73.1 cm³/mol. The smallest absolute Gasteiger partial charge is 0.277 e. The third kappa shape index (κ3) is 2.88. The first kappa shape index (κ1) is 12.9. The lowest BCUT2D eigenvalue weighted by molar-refractivity contribution is 0.462. The van der Waals surface area contributed by atoms with Gasteiger partial charge in [-0.25, -0.2) is 0 Å². The number of nitrogens with zero attached hydrogens (tertiary/aromatic N) is 4. The summed E-state index contributed by atoms with van der Waals surface area (Å²) in [5, 5.41) is 16.2. The number of rotatable bonds is 4. The van der Waals surface area contributed by atoms with Crippen molar-refractivity contribution in [3.05, 3.63) is 41.6 Å². The van der Waals surface area contributed by atoms with Crippen LogP contribution in [0.15, 0.2) is 38.3 Å². The van der Waals surface area contributed by atoms with Gasteiger partial charge in [0, 0.05) is 12.5 Å². The summed E-state index contributed by atoms with van der Waals surface area (Å²) < 4.78 is 10.9. The molecule has 0 unspecified atom stereocenters. The van der Waals surface area contributed by atoms with Crippen LogP contribution in [0, 0.1) is 13.8 Å². The minimum absolute atomic E-state index is 0.483. The average Bonchev–Trinajstić information content (AvgIpc) is 3.06. The third-order valence-electron chi connectivity index (χ3n) is 2.59. The van der Waals surface area contributed by atoms with E-state index in [4.69, 9.17) is 8.83 Å². The van der Waals surface area contributed by atoms with Crippen LogP contribution in [-0.4, -0.2) is 20.4 Å². The predicted octanol–water partition coefficient (Wildman–Crippen LogP) is 3.03. The van der Waals surface area contributed by atoms with Crippen LogP contribution in [0.1, 0.15) is 17.3 Å². The van der Waals surface area contributed by atoms with E-state index in [0.29, 0.717) is 28.6 Å². The Bertz CT molecular complexity index is 705. The highest BCUT2D eigenvalue weighted by Crippen LogP contribution is 2.25. The van der Waals surface area contributed by atoms with Crippen LogP contribution >= 0.6 is 11.8 Å². The normalized spacial score (nSPS) is 10.9. The van der Waals surface area contributed by atoms with Crippen LogP contribution in [-0.2, 0) is 5.75 Å². The van der Waals surface area contributed by atoms with E-state index < -0.39 is 0 Å². The Hall–Kier alpha value is -2.15. The van der Waals surface area contributed by atoms with Crippen molar-refractivity contribution < 1.29 is 8.83 Å². The van der Waals surface area contributed by atoms with Crippen LogP contribution in [0.4, 0.5) is 0 Å². The van der Waals surface area contributed by atoms with Crippen LogP contribution < -0.4 is 0 Å². The van der Waals surface area contributed by atoms with Gasteiger partial charge in [-0.05, 0) is 19.1 Å². The van der Waals surface area contributed by atoms with E-state index in [1.807, 2.05) is 31.2 Å². The van der Waals surface area contributed by atoms with Crippen LogP contribution in [0.5, 0.6) is 0 Å². The maximum Gasteiger partial charge on any atom is 0.277 e. The van der Waals surface area contributed by atoms with Crippen LogP contribution in [0.2, 0.25) is 0 Å². The second-order valence-electron chi connectivity index (χ2n) is 4.24. The molecule has 2 aromatic heterocycles. The molecule has 7 heteroatoms. The van der Waals surface area contributed by atoms with Gasteiger partial charge in [-0.3, -0.25) is 0 Å². The Labute approximate surface area is 119 Å². The van der Waals surface area contributed by atoms with Crippen LogP contribution in [0.3, 0.4) is 0 Å². The molecular weight excluding hydrogens is 276 g/mol. The summed E-state index contributed by atoms with van der Waals surface area (Å²) in [5.41, 5.74) is 2.10. The second kappa shape index (κ2) is 5.46. The van der Waals surface area contributed by atoms with Gasteiger partial charge in [-0.15, -0.1) is 20.4 Å². The average molecular weight is 288 g/mol. The number of aromatic nitrogens is 4. The quantitative estimate of drug-likeness (QED) is 0.683. The maximum atomic E-state index is 5.59. The summed E-state index contributed by atoms with van der Waals surface area (Å²) in [6.07, 6.45) is 0. The molecule has 102 valence electrons. The molecule has 1 aromatic carbocycles. The summed E-state index contributed by atoms with van der Waals surface area (Å²) in [6, 6.07) is 7.93. The molecule has 0 N–H and O–H groups in total. The molecule has 0 radical (unpaired) electrons. The zero-order valence-electron chi connectivity index (χ0n) is 11.0. The van der Waals surface area contributed by atoms with Gasteiger partial charge in [0.1, 0.15) is 0 Å². The van der Waals surface area contributed by atoms with Crippen LogP contribution in [0.25, 0.3) is 11.5 Å². The van der Waals surface area contributed by atoms with E-state index in [-0.39, 0.29) is 0 Å². The summed E-state index contributed by atoms with van der Waals surface area (Å²) >= 11 is 1.37. The Morgan fingerprint density at radius 2 is 1.75 bits per heavy atom. The zero-order valence-corrected chi connectivity index (χ0v) is 11.8. The summed E-state index contributed by atoms with van der Waals surface area (Å²) in [6.45, 7) is 3.79. The topological polar surface area (TPSA) is 77.8 Å². The highest BCUT2D eigenvalue weighted by molar-refractivity contribution is 7.98. The van der Waals surface area contributed by atoms with Crippen molar-refractivity contribution in [3.8, 4) is 11.5 Å². The highest BCUT2D eigenvalue weighted by Gasteiger charge is 2.11. The van der Waals surface area contributed by atoms with Gasteiger partial charge in [0.2, 0.25) is 17.7 Å². The molecule has 0 aliphatic carbocycles. The van der Waals surface area contributed by atoms with Gasteiger partial charge in [-0.2, -0.15) is 0 Å². The molecule has 3 aromatic rings. The van der Waals surface area contributed by atoms with E-state index in [2.05, 4.69) is 20.4 Å². The molecular formula is C13H12N4O2S. The van der Waals surface area contributed by atoms with Crippen molar-refractivity contribution in [1.29, 1.82) is 0 Å². The Kier molecular flexibility index (Phi) is 3.51. The van der Waals surface area contributed by atoms with E-state index in [9.17, 15) is 0 Å². The van der Waals surface area contributed by atoms with Gasteiger partial charge in [0.25, 0.3) is 5.22 Å². The molecule has 0 aliphatic heterocycles. The Morgan fingerprint density at radius 1 is 0.950 bits per heavy atom. The number of hydrogen-bond acceptors (Lipinski definition) is 7. The Balaban J connectivity index is 1.69. The first-order chi connectivity index (χ1) is 9.70. The molecule has 0 aliphatic rings. The van der Waals surface area contributed by atoms with Crippen molar-refractivity contribution >= 4 is 11.8 Å². The second-order valence-corrected chi connectivity index (χ2v) is 5.17. The lowest BCUT2D eigenvalue weighted by Gasteiger charge is -1.95. The molecule has 0 atom stereocenters. The van der Waals surface area contributed by atoms with Gasteiger partial charge in [0.15, 0.2) is 0 Å². The fourth-order valence-electron chi connectivity index (χ4n) is 1.60. The Morgan fingerprint density at radius 3 is 2.45 bits per heavy atom. The molecule has 0 fully saturated rings. The monoisotopic (exact) mass is 288 g/mol. The fourth-order valence-corrected chi connectivity index (χ4v) is 2.20. The zero-order chi connectivity index (χ0) is 13.9. The minimum atomic E-state index is 0.483. The van der Waals surface area contributed by atoms with Gasteiger partial charge in [-0.1, -0.05) is 29.5 Å². The van der Waals surface area contributed by atoms with Gasteiger partial charge < -0.3 is 8.83 Å². The van der Waals surface area contributed by atoms with E-state index in [0.717, 1.165) is 5.56 Å². The van der Waals surface area contributed by atoms with E-state index >= 15 is 0 Å². The standard InChI is InChI=1S/C13H12N4O2S/c1-8-3-5-10(6-4-8)12-16-17-13(19-12)20-7-11-15-14-9(2)18-11/h3-6H,7H2,1-2H3. The van der Waals surface area contributed by atoms with Crippen molar-refractivity contribution in [1.82, 2.24) is 20.4 Å². The van der Waals surface area contributed by atoms with Gasteiger partial charge in [0.05, 0.1) is 5.75 Å². The first-order valence-corrected chi connectivity index (χ1v) is 7.01. The number of hydrogen-bond donors (Lipinski definition) is 0. The van der Waals surface area contributed by atoms with Gasteiger partial charge >= 0.3 is 0 Å². The molecule has 0 amide bonds. The first-order valence-electron chi connectivity index (χ1n) is 6.03. The summed E-state index contributed by atoms with van der Waals surface area (Å²) in [4.78, 5) is 0. The lowest BCUT2D eigenvalue weighted by atomic mass is 10.1. The largest absolute Gasteiger partial charge is 0.425 e. The molecule has 6 nitrogen and oxygen atoms in total. The SMILES string of the molecule is Cc1ccc(-c2nnc(SCc3nnc(C)o3)o2)cc1. The fraction of sp³-hybridized carbons (Fsp3) is 0.231. The highest BCUT2D eigenvalue weighted by atomic mass is 32.2. The number of aryl methyl sites for hydroxylation is 2. The van der Waals surface area contributed by atoms with Crippen molar-refractivity contribution in [2.24, 2.45) is 0 Å². The molecule has 3 rings (SSSR count). The van der Waals surface area contributed by atoms with Crippen molar-refractivity contribution in [3.63, 3.8) is 0 Å². The molecule has 0 spiro atoms. The van der Waals surface area contributed by atoms with Crippen molar-refractivity contribution in [2.45, 2.75) is 24.8 Å². The lowest BCUT2D eigenvalue weighted by Crippen LogP contribution is -1.80. The van der Waals surface area contributed by atoms with E-state index in [1.54, 1.807) is 6.92 Å². The maximum absolute atomic E-state index is 5.59. The molecule has 0 saturated carbocycles. The molecule has 0 saturated heterocycles. The molecule has 20 heavy (non-hydrogen) atoms. The number of thioether (sulfide) groups is 1. The third-order valence-corrected chi connectivity index (χ3v) is 3.40. The summed E-state index contributed by atoms with van der Waals surface area (Å²) in [7, 11) is 0.